The van der Waals surface area contributed by atoms with Crippen LogP contribution in [0.5, 0.6) is 5.75 Å². The van der Waals surface area contributed by atoms with E-state index in [0.717, 1.165) is 12.1 Å². The second-order valence-corrected chi connectivity index (χ2v) is 9.20. The largest absolute Gasteiger partial charge is 0.497 e. The summed E-state index contributed by atoms with van der Waals surface area (Å²) < 4.78 is 47.8. The average Bonchev–Trinajstić information content (AvgIpc) is 3.31. The van der Waals surface area contributed by atoms with Gasteiger partial charge in [-0.15, -0.1) is 0 Å². The van der Waals surface area contributed by atoms with Crippen molar-refractivity contribution in [3.63, 3.8) is 0 Å². The monoisotopic (exact) mass is 572 g/mol. The molecule has 13 heteroatoms. The lowest BCUT2D eigenvalue weighted by Crippen LogP contribution is -2.42. The number of hydrogen-bond acceptors (Lipinski definition) is 5. The number of amides is 2. The smallest absolute Gasteiger partial charge is 0.435 e. The molecule has 0 saturated heterocycles. The highest BCUT2D eigenvalue weighted by Gasteiger charge is 2.62. The van der Waals surface area contributed by atoms with E-state index >= 15 is 0 Å². The van der Waals surface area contributed by atoms with Crippen molar-refractivity contribution in [2.45, 2.75) is 18.2 Å². The van der Waals surface area contributed by atoms with Gasteiger partial charge in [-0.2, -0.15) is 13.2 Å². The van der Waals surface area contributed by atoms with E-state index in [9.17, 15) is 18.0 Å². The molecular formula is C24H18Cl3F3N4O3. The van der Waals surface area contributed by atoms with Crippen molar-refractivity contribution in [1.29, 1.82) is 0 Å². The van der Waals surface area contributed by atoms with Gasteiger partial charge in [0.1, 0.15) is 5.75 Å². The summed E-state index contributed by atoms with van der Waals surface area (Å²) in [5, 5.41) is 6.59. The number of alkyl halides is 3. The number of anilines is 2. The normalized spacial score (nSPS) is 17.0. The first-order valence-corrected chi connectivity index (χ1v) is 11.7. The van der Waals surface area contributed by atoms with Gasteiger partial charge in [-0.05, 0) is 54.6 Å². The maximum Gasteiger partial charge on any atom is 0.435 e. The SMILES string of the molecule is COc1ccc(NC(=O)NNc2cc(C3=NOC(c4cc(Cl)cc(Cl)c4)(C(F)(F)F)C3)ccc2Cl)cc1. The van der Waals surface area contributed by atoms with E-state index in [1.165, 1.54) is 31.4 Å². The van der Waals surface area contributed by atoms with Crippen LogP contribution in [0.25, 0.3) is 0 Å². The van der Waals surface area contributed by atoms with Crippen LogP contribution in [0.4, 0.5) is 29.3 Å². The lowest BCUT2D eigenvalue weighted by molar-refractivity contribution is -0.275. The van der Waals surface area contributed by atoms with Gasteiger partial charge < -0.3 is 14.9 Å². The molecule has 7 nitrogen and oxygen atoms in total. The minimum Gasteiger partial charge on any atom is -0.497 e. The Bertz CT molecular complexity index is 1330. The molecule has 0 bridgehead atoms. The molecule has 0 aliphatic carbocycles. The third kappa shape index (κ3) is 5.82. The molecule has 3 N–H and O–H groups in total. The molecule has 3 aromatic carbocycles. The minimum absolute atomic E-state index is 0.0100. The first-order chi connectivity index (χ1) is 17.5. The number of nitrogens with one attached hydrogen (secondary N) is 3. The van der Waals surface area contributed by atoms with Gasteiger partial charge in [0.2, 0.25) is 0 Å². The van der Waals surface area contributed by atoms with Crippen LogP contribution < -0.4 is 20.9 Å². The molecule has 0 spiro atoms. The van der Waals surface area contributed by atoms with Gasteiger partial charge in [0, 0.05) is 33.3 Å². The van der Waals surface area contributed by atoms with Gasteiger partial charge in [-0.1, -0.05) is 46.0 Å². The summed E-state index contributed by atoms with van der Waals surface area (Å²) >= 11 is 18.1. The quantitative estimate of drug-likeness (QED) is 0.269. The Morgan fingerprint density at radius 3 is 2.32 bits per heavy atom. The van der Waals surface area contributed by atoms with E-state index < -0.39 is 24.2 Å². The maximum absolute atomic E-state index is 14.2. The molecule has 37 heavy (non-hydrogen) atoms. The van der Waals surface area contributed by atoms with Crippen LogP contribution in [0.15, 0.2) is 65.8 Å². The number of rotatable bonds is 6. The molecule has 0 radical (unpaired) electrons. The number of ether oxygens (including phenoxy) is 1. The number of hydrogen-bond donors (Lipinski definition) is 3. The Morgan fingerprint density at radius 1 is 1.03 bits per heavy atom. The Balaban J connectivity index is 1.50. The zero-order valence-electron chi connectivity index (χ0n) is 18.9. The third-order valence-corrected chi connectivity index (χ3v) is 6.24. The van der Waals surface area contributed by atoms with Crippen LogP contribution in [-0.4, -0.2) is 25.0 Å². The van der Waals surface area contributed by atoms with E-state index in [4.69, 9.17) is 44.4 Å². The Kier molecular flexibility index (Phi) is 7.63. The summed E-state index contributed by atoms with van der Waals surface area (Å²) in [4.78, 5) is 17.3. The van der Waals surface area contributed by atoms with E-state index in [1.807, 2.05) is 0 Å². The van der Waals surface area contributed by atoms with Crippen molar-refractivity contribution >= 4 is 57.9 Å². The summed E-state index contributed by atoms with van der Waals surface area (Å²) in [5.41, 5.74) is 3.04. The predicted molar refractivity (Wildman–Crippen MR) is 137 cm³/mol. The number of carbonyl (C=O) groups is 1. The number of carbonyl (C=O) groups excluding carboxylic acids is 1. The fraction of sp³-hybridized carbons (Fsp3) is 0.167. The topological polar surface area (TPSA) is 84.0 Å². The number of hydrazine groups is 1. The van der Waals surface area contributed by atoms with Gasteiger partial charge in [-0.25, -0.2) is 4.79 Å². The number of nitrogens with zero attached hydrogens (tertiary/aromatic N) is 1. The van der Waals surface area contributed by atoms with E-state index in [2.05, 4.69) is 21.3 Å². The number of benzene rings is 3. The highest BCUT2D eigenvalue weighted by atomic mass is 35.5. The minimum atomic E-state index is -4.83. The number of methoxy groups -OCH3 is 1. The van der Waals surface area contributed by atoms with E-state index in [1.54, 1.807) is 24.3 Å². The second kappa shape index (κ2) is 10.6. The van der Waals surface area contributed by atoms with Gasteiger partial charge in [-0.3, -0.25) is 10.9 Å². The van der Waals surface area contributed by atoms with Crippen molar-refractivity contribution in [2.24, 2.45) is 5.16 Å². The van der Waals surface area contributed by atoms with E-state index in [0.29, 0.717) is 17.0 Å². The lowest BCUT2D eigenvalue weighted by atomic mass is 9.86. The van der Waals surface area contributed by atoms with Crippen molar-refractivity contribution < 1.29 is 27.5 Å². The van der Waals surface area contributed by atoms with Crippen molar-refractivity contribution in [2.75, 3.05) is 17.9 Å². The second-order valence-electron chi connectivity index (χ2n) is 7.92. The van der Waals surface area contributed by atoms with Gasteiger partial charge >= 0.3 is 12.2 Å². The molecule has 0 fully saturated rings. The fourth-order valence-corrected chi connectivity index (χ4v) is 4.30. The highest BCUT2D eigenvalue weighted by molar-refractivity contribution is 6.34. The molecule has 4 rings (SSSR count). The van der Waals surface area contributed by atoms with Crippen LogP contribution in [0.2, 0.25) is 15.1 Å². The molecule has 1 heterocycles. The van der Waals surface area contributed by atoms with Crippen LogP contribution in [0.3, 0.4) is 0 Å². The Hall–Kier alpha value is -3.34. The number of halogens is 6. The predicted octanol–water partition coefficient (Wildman–Crippen LogP) is 7.39. The lowest BCUT2D eigenvalue weighted by Gasteiger charge is -2.29. The molecule has 3 aromatic rings. The average molecular weight is 574 g/mol. The summed E-state index contributed by atoms with van der Waals surface area (Å²) in [7, 11) is 1.52. The molecule has 194 valence electrons. The molecule has 0 saturated carbocycles. The van der Waals surface area contributed by atoms with Gasteiger partial charge in [0.25, 0.3) is 5.60 Å². The van der Waals surface area contributed by atoms with Crippen LogP contribution in [0.1, 0.15) is 17.5 Å². The first kappa shape index (κ1) is 26.7. The zero-order chi connectivity index (χ0) is 26.8. The molecule has 0 aromatic heterocycles. The standard InChI is InChI=1S/C24H18Cl3F3N4O3/c1-36-18-5-3-17(4-6-18)31-22(35)33-32-20-8-13(2-7-19(20)27)21-12-23(37-34-21,24(28,29)30)14-9-15(25)11-16(26)10-14/h2-11,32H,12H2,1H3,(H2,31,33,35). The summed E-state index contributed by atoms with van der Waals surface area (Å²) in [6.45, 7) is 0. The highest BCUT2D eigenvalue weighted by Crippen LogP contribution is 2.49. The first-order valence-electron chi connectivity index (χ1n) is 10.6. The molecule has 1 aliphatic rings. The van der Waals surface area contributed by atoms with Crippen LogP contribution in [0, 0.1) is 0 Å². The molecule has 1 aliphatic heterocycles. The Labute approximate surface area is 224 Å². The molecule has 1 unspecified atom stereocenters. The van der Waals surface area contributed by atoms with Gasteiger partial charge in [0.05, 0.1) is 23.5 Å². The zero-order valence-corrected chi connectivity index (χ0v) is 21.2. The van der Waals surface area contributed by atoms with E-state index in [-0.39, 0.29) is 32.0 Å². The Morgan fingerprint density at radius 2 is 1.70 bits per heavy atom. The molecule has 2 amide bonds. The summed E-state index contributed by atoms with van der Waals surface area (Å²) in [6, 6.07) is 14.0. The summed E-state index contributed by atoms with van der Waals surface area (Å²) in [5.74, 6) is 0.625. The summed E-state index contributed by atoms with van der Waals surface area (Å²) in [6.07, 6.45) is -5.47. The molecule has 1 atom stereocenters. The van der Waals surface area contributed by atoms with Crippen LogP contribution in [-0.2, 0) is 10.4 Å². The number of oxime groups is 1. The van der Waals surface area contributed by atoms with Crippen LogP contribution >= 0.6 is 34.8 Å². The van der Waals surface area contributed by atoms with Crippen molar-refractivity contribution in [3.05, 3.63) is 86.9 Å². The van der Waals surface area contributed by atoms with Crippen molar-refractivity contribution in [3.8, 4) is 5.75 Å². The van der Waals surface area contributed by atoms with Gasteiger partial charge in [0.15, 0.2) is 0 Å². The van der Waals surface area contributed by atoms with Crippen molar-refractivity contribution in [1.82, 2.24) is 5.43 Å². The molecular weight excluding hydrogens is 556 g/mol. The number of urea groups is 1. The maximum atomic E-state index is 14.2. The fourth-order valence-electron chi connectivity index (χ4n) is 3.61. The third-order valence-electron chi connectivity index (χ3n) is 5.47.